The van der Waals surface area contributed by atoms with Crippen molar-refractivity contribution in [3.63, 3.8) is 0 Å². The number of aryl methyl sites for hydroxylation is 1. The van der Waals surface area contributed by atoms with E-state index in [1.54, 1.807) is 0 Å². The second kappa shape index (κ2) is 7.40. The molecule has 0 amide bonds. The van der Waals surface area contributed by atoms with E-state index in [4.69, 9.17) is 0 Å². The first kappa shape index (κ1) is 17.4. The lowest BCUT2D eigenvalue weighted by Crippen LogP contribution is -2.61. The Labute approximate surface area is 163 Å². The number of nitrogens with zero attached hydrogens (tertiary/aromatic N) is 4. The summed E-state index contributed by atoms with van der Waals surface area (Å²) < 4.78 is 2.03. The Morgan fingerprint density at radius 1 is 1.04 bits per heavy atom. The van der Waals surface area contributed by atoms with E-state index in [0.717, 1.165) is 30.5 Å². The van der Waals surface area contributed by atoms with Crippen LogP contribution in [0.3, 0.4) is 0 Å². The highest BCUT2D eigenvalue weighted by molar-refractivity contribution is 5.16. The van der Waals surface area contributed by atoms with E-state index >= 15 is 0 Å². The van der Waals surface area contributed by atoms with Crippen LogP contribution < -0.4 is 0 Å². The van der Waals surface area contributed by atoms with Crippen molar-refractivity contribution >= 4 is 0 Å². The Morgan fingerprint density at radius 3 is 2.74 bits per heavy atom. The van der Waals surface area contributed by atoms with Gasteiger partial charge in [0.15, 0.2) is 0 Å². The number of aromatic nitrogens is 2. The molecule has 0 radical (unpaired) electrons. The van der Waals surface area contributed by atoms with Crippen molar-refractivity contribution in [1.29, 1.82) is 0 Å². The summed E-state index contributed by atoms with van der Waals surface area (Å²) in [5.74, 6) is 1.69. The van der Waals surface area contributed by atoms with E-state index in [2.05, 4.69) is 58.3 Å². The van der Waals surface area contributed by atoms with Gasteiger partial charge in [0.05, 0.1) is 5.69 Å². The van der Waals surface area contributed by atoms with E-state index in [1.165, 1.54) is 63.0 Å². The van der Waals surface area contributed by atoms with Crippen LogP contribution in [0, 0.1) is 11.8 Å². The van der Waals surface area contributed by atoms with Crippen LogP contribution in [0.25, 0.3) is 0 Å². The van der Waals surface area contributed by atoms with Gasteiger partial charge in [0.25, 0.3) is 0 Å². The summed E-state index contributed by atoms with van der Waals surface area (Å²) >= 11 is 0. The fourth-order valence-corrected chi connectivity index (χ4v) is 6.03. The summed E-state index contributed by atoms with van der Waals surface area (Å²) in [7, 11) is 2.07. The summed E-state index contributed by atoms with van der Waals surface area (Å²) in [4.78, 5) is 5.63. The maximum atomic E-state index is 4.35. The highest BCUT2D eigenvalue weighted by atomic mass is 15.3. The van der Waals surface area contributed by atoms with Gasteiger partial charge < -0.3 is 0 Å². The van der Waals surface area contributed by atoms with Gasteiger partial charge in [-0.15, -0.1) is 0 Å². The largest absolute Gasteiger partial charge is 0.297 e. The first-order chi connectivity index (χ1) is 13.3. The molecule has 3 saturated heterocycles. The zero-order valence-corrected chi connectivity index (χ0v) is 16.5. The lowest BCUT2D eigenvalue weighted by molar-refractivity contribution is -0.0582. The van der Waals surface area contributed by atoms with E-state index in [9.17, 15) is 0 Å². The molecule has 3 aliphatic rings. The second-order valence-corrected chi connectivity index (χ2v) is 9.04. The molecule has 3 aliphatic heterocycles. The molecule has 27 heavy (non-hydrogen) atoms. The fraction of sp³-hybridized carbons (Fsp3) is 0.609. The van der Waals surface area contributed by atoms with Crippen LogP contribution in [0.4, 0.5) is 0 Å². The van der Waals surface area contributed by atoms with Gasteiger partial charge in [-0.3, -0.25) is 14.5 Å². The van der Waals surface area contributed by atoms with E-state index < -0.39 is 0 Å². The Bertz CT molecular complexity index is 755. The third-order valence-corrected chi connectivity index (χ3v) is 7.21. The van der Waals surface area contributed by atoms with Gasteiger partial charge in [-0.1, -0.05) is 36.8 Å². The molecule has 4 heteroatoms. The molecule has 144 valence electrons. The number of benzene rings is 1. The van der Waals surface area contributed by atoms with E-state index in [-0.39, 0.29) is 0 Å². The average Bonchev–Trinajstić information content (AvgIpc) is 3.08. The van der Waals surface area contributed by atoms with Gasteiger partial charge in [-0.25, -0.2) is 0 Å². The maximum absolute atomic E-state index is 4.35. The van der Waals surface area contributed by atoms with Gasteiger partial charge in [0.2, 0.25) is 0 Å². The van der Waals surface area contributed by atoms with Crippen LogP contribution in [0.2, 0.25) is 0 Å². The van der Waals surface area contributed by atoms with Crippen LogP contribution in [0.1, 0.15) is 36.9 Å². The molecule has 3 fully saturated rings. The lowest BCUT2D eigenvalue weighted by Gasteiger charge is -2.55. The molecule has 0 N–H and O–H groups in total. The molecule has 5 rings (SSSR count). The molecule has 0 spiro atoms. The predicted octanol–water partition coefficient (Wildman–Crippen LogP) is 3.34. The Kier molecular flexibility index (Phi) is 4.78. The highest BCUT2D eigenvalue weighted by Gasteiger charge is 2.44. The van der Waals surface area contributed by atoms with Crippen molar-refractivity contribution in [2.45, 2.75) is 50.7 Å². The SMILES string of the molecule is Cn1nccc1CN1C[C@@H]2C[C@H](C1)[C@@H]1CCC[C@H](Cc3ccccc3)N1C2. The quantitative estimate of drug-likeness (QED) is 0.832. The average molecular weight is 365 g/mol. The second-order valence-electron chi connectivity index (χ2n) is 9.04. The molecule has 1 aromatic carbocycles. The molecular formula is C23H32N4. The number of piperidine rings is 3. The molecule has 0 saturated carbocycles. The minimum atomic E-state index is 0.750. The van der Waals surface area contributed by atoms with Gasteiger partial charge >= 0.3 is 0 Å². The van der Waals surface area contributed by atoms with Crippen LogP contribution in [-0.4, -0.2) is 51.3 Å². The zero-order chi connectivity index (χ0) is 18.2. The zero-order valence-electron chi connectivity index (χ0n) is 16.5. The Hall–Kier alpha value is -1.65. The first-order valence-electron chi connectivity index (χ1n) is 10.7. The van der Waals surface area contributed by atoms with Gasteiger partial charge in [-0.05, 0) is 49.1 Å². The van der Waals surface area contributed by atoms with Crippen LogP contribution in [0.15, 0.2) is 42.6 Å². The lowest BCUT2D eigenvalue weighted by atomic mass is 9.74. The van der Waals surface area contributed by atoms with Gasteiger partial charge in [0.1, 0.15) is 0 Å². The number of likely N-dealkylation sites (tertiary alicyclic amines) is 1. The molecule has 4 nitrogen and oxygen atoms in total. The van der Waals surface area contributed by atoms with Crippen molar-refractivity contribution in [3.05, 3.63) is 53.9 Å². The molecular weight excluding hydrogens is 332 g/mol. The van der Waals surface area contributed by atoms with Crippen LogP contribution >= 0.6 is 0 Å². The summed E-state index contributed by atoms with van der Waals surface area (Å²) in [6.45, 7) is 4.88. The first-order valence-corrected chi connectivity index (χ1v) is 10.7. The normalized spacial score (nSPS) is 31.6. The number of hydrogen-bond acceptors (Lipinski definition) is 3. The van der Waals surface area contributed by atoms with Crippen LogP contribution in [0.5, 0.6) is 0 Å². The van der Waals surface area contributed by atoms with Crippen molar-refractivity contribution in [2.75, 3.05) is 19.6 Å². The summed E-state index contributed by atoms with van der Waals surface area (Å²) in [6, 6.07) is 14.9. The molecule has 0 aliphatic carbocycles. The molecule has 2 bridgehead atoms. The molecule has 2 aromatic rings. The highest BCUT2D eigenvalue weighted by Crippen LogP contribution is 2.40. The van der Waals surface area contributed by atoms with Crippen molar-refractivity contribution in [3.8, 4) is 0 Å². The maximum Gasteiger partial charge on any atom is 0.0521 e. The summed E-state index contributed by atoms with van der Waals surface area (Å²) in [5, 5.41) is 4.35. The number of fused-ring (bicyclic) bond motifs is 4. The molecule has 4 atom stereocenters. The molecule has 0 unspecified atom stereocenters. The summed E-state index contributed by atoms with van der Waals surface area (Å²) in [6.07, 6.45) is 8.79. The smallest absolute Gasteiger partial charge is 0.0521 e. The molecule has 1 aromatic heterocycles. The number of rotatable bonds is 4. The van der Waals surface area contributed by atoms with Crippen molar-refractivity contribution in [1.82, 2.24) is 19.6 Å². The minimum absolute atomic E-state index is 0.750. The molecule has 4 heterocycles. The minimum Gasteiger partial charge on any atom is -0.297 e. The van der Waals surface area contributed by atoms with Gasteiger partial charge in [-0.2, -0.15) is 5.10 Å². The third-order valence-electron chi connectivity index (χ3n) is 7.21. The monoisotopic (exact) mass is 364 g/mol. The fourth-order valence-electron chi connectivity index (χ4n) is 6.03. The van der Waals surface area contributed by atoms with Crippen molar-refractivity contribution < 1.29 is 0 Å². The van der Waals surface area contributed by atoms with E-state index in [0.29, 0.717) is 0 Å². The van der Waals surface area contributed by atoms with Crippen molar-refractivity contribution in [2.24, 2.45) is 18.9 Å². The number of hydrogen-bond donors (Lipinski definition) is 0. The van der Waals surface area contributed by atoms with Gasteiger partial charge in [0, 0.05) is 51.5 Å². The Balaban J connectivity index is 1.28. The topological polar surface area (TPSA) is 24.3 Å². The standard InChI is InChI=1S/C23H32N4/c1-25-22(10-11-24-25)17-26-14-19-12-20(16-26)23-9-5-8-21(27(23)15-19)13-18-6-3-2-4-7-18/h2-4,6-7,10-11,19-21,23H,5,8-9,12-17H2,1H3/t19-,20+,21+,23-/m0/s1. The third kappa shape index (κ3) is 3.57. The van der Waals surface area contributed by atoms with Crippen LogP contribution in [-0.2, 0) is 20.0 Å². The summed E-state index contributed by atoms with van der Waals surface area (Å²) in [5.41, 5.74) is 2.86. The van der Waals surface area contributed by atoms with E-state index in [1.807, 2.05) is 10.9 Å². The predicted molar refractivity (Wildman–Crippen MR) is 108 cm³/mol. The Morgan fingerprint density at radius 2 is 1.93 bits per heavy atom.